The smallest absolute Gasteiger partial charge is 0.246 e. The third-order valence-electron chi connectivity index (χ3n) is 5.11. The lowest BCUT2D eigenvalue weighted by molar-refractivity contribution is -0.132. The van der Waals surface area contributed by atoms with Crippen molar-refractivity contribution in [2.75, 3.05) is 31.6 Å². The van der Waals surface area contributed by atoms with Crippen LogP contribution in [-0.4, -0.2) is 59.0 Å². The van der Waals surface area contributed by atoms with Crippen molar-refractivity contribution in [1.82, 2.24) is 9.80 Å². The number of halogens is 2. The van der Waals surface area contributed by atoms with Crippen molar-refractivity contribution in [1.29, 1.82) is 0 Å². The molecule has 2 aromatic carbocycles. The quantitative estimate of drug-likeness (QED) is 0.670. The Balaban J connectivity index is 1.65. The molecule has 1 fully saturated rings. The molecule has 1 heterocycles. The van der Waals surface area contributed by atoms with Crippen LogP contribution in [0.15, 0.2) is 48.5 Å². The second-order valence-corrected chi connectivity index (χ2v) is 7.91. The van der Waals surface area contributed by atoms with Crippen LogP contribution in [0.1, 0.15) is 18.1 Å². The van der Waals surface area contributed by atoms with E-state index in [1.54, 1.807) is 41.3 Å². The number of hydrogen-bond acceptors (Lipinski definition) is 4. The first-order valence-electron chi connectivity index (χ1n) is 9.99. The number of benzene rings is 2. The minimum Gasteiger partial charge on any atom is -0.394 e. The molecule has 2 aromatic rings. The summed E-state index contributed by atoms with van der Waals surface area (Å²) in [6.07, 6.45) is 3.07. The molecule has 0 saturated carbocycles. The Labute approximate surface area is 185 Å². The molecular weight excluding hydrogens is 421 g/mol. The van der Waals surface area contributed by atoms with Gasteiger partial charge in [0.1, 0.15) is 5.82 Å². The normalized spacial score (nSPS) is 17.2. The maximum Gasteiger partial charge on any atom is 0.246 e. The van der Waals surface area contributed by atoms with Gasteiger partial charge in [0.15, 0.2) is 0 Å². The number of hydrogen-bond donors (Lipinski definition) is 2. The van der Waals surface area contributed by atoms with Gasteiger partial charge in [-0.2, -0.15) is 0 Å². The van der Waals surface area contributed by atoms with Gasteiger partial charge in [0.2, 0.25) is 11.8 Å². The summed E-state index contributed by atoms with van der Waals surface area (Å²) in [5.41, 5.74) is 2.15. The Morgan fingerprint density at radius 3 is 2.65 bits per heavy atom. The van der Waals surface area contributed by atoms with Gasteiger partial charge in [-0.15, -0.1) is 0 Å². The third kappa shape index (κ3) is 6.37. The molecule has 0 unspecified atom stereocenters. The highest BCUT2D eigenvalue weighted by molar-refractivity contribution is 6.31. The summed E-state index contributed by atoms with van der Waals surface area (Å²) in [5, 5.41) is 13.0. The highest BCUT2D eigenvalue weighted by Crippen LogP contribution is 2.23. The predicted octanol–water partition coefficient (Wildman–Crippen LogP) is 3.16. The molecule has 0 bridgehead atoms. The van der Waals surface area contributed by atoms with Gasteiger partial charge in [-0.05, 0) is 41.5 Å². The minimum absolute atomic E-state index is 0.155. The van der Waals surface area contributed by atoms with Crippen LogP contribution in [0.4, 0.5) is 10.1 Å². The minimum atomic E-state index is -0.341. The third-order valence-corrected chi connectivity index (χ3v) is 5.35. The molecular formula is C23H25ClFN3O3. The summed E-state index contributed by atoms with van der Waals surface area (Å²) >= 11 is 6.00. The Kier molecular flexibility index (Phi) is 7.79. The van der Waals surface area contributed by atoms with Gasteiger partial charge in [-0.1, -0.05) is 29.8 Å². The van der Waals surface area contributed by atoms with E-state index in [1.165, 1.54) is 25.1 Å². The van der Waals surface area contributed by atoms with E-state index in [4.69, 9.17) is 11.6 Å². The van der Waals surface area contributed by atoms with E-state index in [0.29, 0.717) is 42.5 Å². The van der Waals surface area contributed by atoms with E-state index in [-0.39, 0.29) is 30.3 Å². The van der Waals surface area contributed by atoms with Crippen LogP contribution < -0.4 is 5.32 Å². The number of anilines is 1. The molecule has 0 radical (unpaired) electrons. The van der Waals surface area contributed by atoms with Crippen LogP contribution in [0.2, 0.25) is 5.02 Å². The van der Waals surface area contributed by atoms with Crippen molar-refractivity contribution in [3.63, 3.8) is 0 Å². The van der Waals surface area contributed by atoms with Crippen molar-refractivity contribution in [3.8, 4) is 0 Å². The van der Waals surface area contributed by atoms with Crippen LogP contribution in [0, 0.1) is 5.82 Å². The van der Waals surface area contributed by atoms with Crippen LogP contribution in [0.3, 0.4) is 0 Å². The molecule has 8 heteroatoms. The zero-order valence-corrected chi connectivity index (χ0v) is 18.0. The predicted molar refractivity (Wildman–Crippen MR) is 119 cm³/mol. The summed E-state index contributed by atoms with van der Waals surface area (Å²) < 4.78 is 13.1. The molecule has 1 atom stereocenters. The second kappa shape index (κ2) is 10.5. The van der Waals surface area contributed by atoms with E-state index in [1.807, 2.05) is 0 Å². The molecule has 31 heavy (non-hydrogen) atoms. The van der Waals surface area contributed by atoms with Crippen molar-refractivity contribution in [2.45, 2.75) is 19.5 Å². The number of amides is 2. The summed E-state index contributed by atoms with van der Waals surface area (Å²) in [7, 11) is 0. The van der Waals surface area contributed by atoms with E-state index in [9.17, 15) is 19.1 Å². The highest BCUT2D eigenvalue weighted by atomic mass is 35.5. The van der Waals surface area contributed by atoms with Gasteiger partial charge >= 0.3 is 0 Å². The van der Waals surface area contributed by atoms with Crippen molar-refractivity contribution in [3.05, 3.63) is 70.5 Å². The highest BCUT2D eigenvalue weighted by Gasteiger charge is 2.28. The summed E-state index contributed by atoms with van der Waals surface area (Å²) in [6, 6.07) is 11.0. The monoisotopic (exact) mass is 445 g/mol. The largest absolute Gasteiger partial charge is 0.394 e. The number of carbonyl (C=O) groups excluding carboxylic acids is 2. The van der Waals surface area contributed by atoms with Crippen molar-refractivity contribution < 1.29 is 19.1 Å². The van der Waals surface area contributed by atoms with Gasteiger partial charge in [-0.25, -0.2) is 4.39 Å². The standard InChI is InChI=1S/C23H25ClFN3O3/c1-16(30)26-22-12-19(24)6-4-18(22)5-9-23(31)28-11-10-27(14-21(28)15-29)13-17-2-7-20(25)8-3-17/h2-9,12,21,29H,10-11,13-15H2,1H3,(H,26,30)/b9-5+/t21-/m0/s1. The molecule has 1 saturated heterocycles. The number of aliphatic hydroxyl groups excluding tert-OH is 1. The maximum absolute atomic E-state index is 13.1. The van der Waals surface area contributed by atoms with Gasteiger partial charge in [0.25, 0.3) is 0 Å². The van der Waals surface area contributed by atoms with Crippen LogP contribution in [0.5, 0.6) is 0 Å². The first-order chi connectivity index (χ1) is 14.9. The Morgan fingerprint density at radius 1 is 1.23 bits per heavy atom. The number of piperazine rings is 1. The lowest BCUT2D eigenvalue weighted by atomic mass is 10.1. The Morgan fingerprint density at radius 2 is 1.97 bits per heavy atom. The van der Waals surface area contributed by atoms with E-state index in [2.05, 4.69) is 10.2 Å². The fourth-order valence-corrected chi connectivity index (χ4v) is 3.76. The van der Waals surface area contributed by atoms with Crippen molar-refractivity contribution in [2.24, 2.45) is 0 Å². The van der Waals surface area contributed by atoms with Gasteiger partial charge in [0, 0.05) is 49.9 Å². The molecule has 0 aliphatic carbocycles. The van der Waals surface area contributed by atoms with Gasteiger partial charge < -0.3 is 15.3 Å². The first kappa shape index (κ1) is 22.9. The van der Waals surface area contributed by atoms with E-state index >= 15 is 0 Å². The summed E-state index contributed by atoms with van der Waals surface area (Å²) in [4.78, 5) is 28.0. The number of rotatable bonds is 6. The molecule has 164 valence electrons. The molecule has 1 aliphatic rings. The Bertz CT molecular complexity index is 965. The lowest BCUT2D eigenvalue weighted by Gasteiger charge is -2.40. The average Bonchev–Trinajstić information content (AvgIpc) is 2.74. The van der Waals surface area contributed by atoms with Crippen LogP contribution >= 0.6 is 11.6 Å². The fraction of sp³-hybridized carbons (Fsp3) is 0.304. The second-order valence-electron chi connectivity index (χ2n) is 7.48. The fourth-order valence-electron chi connectivity index (χ4n) is 3.59. The van der Waals surface area contributed by atoms with E-state index < -0.39 is 0 Å². The maximum atomic E-state index is 13.1. The summed E-state index contributed by atoms with van der Waals surface area (Å²) in [5.74, 6) is -0.730. The topological polar surface area (TPSA) is 72.9 Å². The molecule has 0 aromatic heterocycles. The van der Waals surface area contributed by atoms with Gasteiger partial charge in [-0.3, -0.25) is 14.5 Å². The number of aliphatic hydroxyl groups is 1. The molecule has 0 spiro atoms. The molecule has 1 aliphatic heterocycles. The zero-order valence-electron chi connectivity index (χ0n) is 17.2. The molecule has 2 N–H and O–H groups in total. The number of nitrogens with zero attached hydrogens (tertiary/aromatic N) is 2. The molecule has 2 amide bonds. The van der Waals surface area contributed by atoms with Crippen LogP contribution in [-0.2, 0) is 16.1 Å². The van der Waals surface area contributed by atoms with E-state index in [0.717, 1.165) is 5.56 Å². The molecule has 6 nitrogen and oxygen atoms in total. The SMILES string of the molecule is CC(=O)Nc1cc(Cl)ccc1/C=C/C(=O)N1CCN(Cc2ccc(F)cc2)C[C@H]1CO. The van der Waals surface area contributed by atoms with Crippen LogP contribution in [0.25, 0.3) is 6.08 Å². The average molecular weight is 446 g/mol. The Hall–Kier alpha value is -2.74. The summed E-state index contributed by atoms with van der Waals surface area (Å²) in [6.45, 7) is 3.50. The first-order valence-corrected chi connectivity index (χ1v) is 10.4. The lowest BCUT2D eigenvalue weighted by Crippen LogP contribution is -2.55. The van der Waals surface area contributed by atoms with Crippen molar-refractivity contribution >= 4 is 35.2 Å². The van der Waals surface area contributed by atoms with Gasteiger partial charge in [0.05, 0.1) is 12.6 Å². The number of nitrogens with one attached hydrogen (secondary N) is 1. The number of carbonyl (C=O) groups is 2. The molecule has 3 rings (SSSR count). The zero-order chi connectivity index (χ0) is 22.4.